The molecule has 0 radical (unpaired) electrons. The highest BCUT2D eigenvalue weighted by Crippen LogP contribution is 2.18. The number of phenolic OH excluding ortho intramolecular Hbond substituents is 1. The molecular weight excluding hydrogens is 266 g/mol. The fraction of sp³-hybridized carbons (Fsp3) is 0.250. The van der Waals surface area contributed by atoms with Gasteiger partial charge in [-0.25, -0.2) is 9.59 Å². The number of hydrogen-bond donors (Lipinski definition) is 4. The first-order valence-corrected chi connectivity index (χ1v) is 5.65. The molecule has 0 fully saturated rings. The number of hydrogen-bond acceptors (Lipinski definition) is 4. The van der Waals surface area contributed by atoms with E-state index in [0.717, 1.165) is 4.90 Å². The topological polar surface area (TPSA) is 133 Å². The van der Waals surface area contributed by atoms with Gasteiger partial charge in [0.25, 0.3) is 0 Å². The van der Waals surface area contributed by atoms with Crippen LogP contribution in [0.4, 0.5) is 10.5 Å². The third kappa shape index (κ3) is 4.16. The van der Waals surface area contributed by atoms with E-state index in [1.54, 1.807) is 6.07 Å². The van der Waals surface area contributed by atoms with E-state index in [4.69, 9.17) is 10.8 Å². The Morgan fingerprint density at radius 2 is 2.05 bits per heavy atom. The zero-order valence-corrected chi connectivity index (χ0v) is 10.7. The number of carboxylic acids is 1. The van der Waals surface area contributed by atoms with E-state index >= 15 is 0 Å². The molecule has 0 aliphatic carbocycles. The van der Waals surface area contributed by atoms with Crippen molar-refractivity contribution in [3.8, 4) is 5.75 Å². The van der Waals surface area contributed by atoms with Gasteiger partial charge in [0.1, 0.15) is 11.8 Å². The van der Waals surface area contributed by atoms with Crippen molar-refractivity contribution in [1.82, 2.24) is 5.32 Å². The largest absolute Gasteiger partial charge is 0.508 e. The van der Waals surface area contributed by atoms with Gasteiger partial charge in [-0.15, -0.1) is 0 Å². The lowest BCUT2D eigenvalue weighted by Gasteiger charge is -2.21. The van der Waals surface area contributed by atoms with E-state index in [1.807, 2.05) is 0 Å². The van der Waals surface area contributed by atoms with Crippen LogP contribution in [-0.4, -0.2) is 41.2 Å². The van der Waals surface area contributed by atoms with Crippen LogP contribution in [0.15, 0.2) is 24.3 Å². The monoisotopic (exact) mass is 281 g/mol. The maximum atomic E-state index is 11.9. The Kier molecular flexibility index (Phi) is 4.90. The summed E-state index contributed by atoms with van der Waals surface area (Å²) in [5.74, 6) is -2.23. The standard InChI is InChI=1S/C12H15N3O5/c1-15(7-3-2-4-8(16)5-7)12(20)14-9(11(18)19)6-10(13)17/h2-5,9,16H,6H2,1H3,(H2,13,17)(H,14,20)(H,18,19)/t9-/m0/s1. The molecule has 1 aromatic carbocycles. The van der Waals surface area contributed by atoms with Gasteiger partial charge in [0.15, 0.2) is 0 Å². The molecule has 108 valence electrons. The third-order valence-electron chi connectivity index (χ3n) is 2.52. The summed E-state index contributed by atoms with van der Waals surface area (Å²) in [6, 6.07) is 3.73. The van der Waals surface area contributed by atoms with E-state index < -0.39 is 30.4 Å². The number of aromatic hydroxyl groups is 1. The van der Waals surface area contributed by atoms with Crippen molar-refractivity contribution >= 4 is 23.6 Å². The molecular formula is C12H15N3O5. The van der Waals surface area contributed by atoms with Crippen LogP contribution in [0.2, 0.25) is 0 Å². The van der Waals surface area contributed by atoms with Crippen molar-refractivity contribution in [2.75, 3.05) is 11.9 Å². The SMILES string of the molecule is CN(C(=O)N[C@@H](CC(N)=O)C(=O)O)c1cccc(O)c1. The van der Waals surface area contributed by atoms with Gasteiger partial charge in [-0.05, 0) is 12.1 Å². The second-order valence-electron chi connectivity index (χ2n) is 4.09. The molecule has 0 saturated heterocycles. The molecule has 1 atom stereocenters. The second kappa shape index (κ2) is 6.41. The first-order valence-electron chi connectivity index (χ1n) is 5.65. The van der Waals surface area contributed by atoms with E-state index in [1.165, 1.54) is 25.2 Å². The number of nitrogens with zero attached hydrogens (tertiary/aromatic N) is 1. The first-order chi connectivity index (χ1) is 9.31. The van der Waals surface area contributed by atoms with Crippen LogP contribution in [0, 0.1) is 0 Å². The van der Waals surface area contributed by atoms with Gasteiger partial charge in [-0.2, -0.15) is 0 Å². The minimum absolute atomic E-state index is 0.0333. The van der Waals surface area contributed by atoms with Gasteiger partial charge in [-0.1, -0.05) is 6.07 Å². The number of carbonyl (C=O) groups excluding carboxylic acids is 2. The van der Waals surface area contributed by atoms with Crippen LogP contribution in [0.3, 0.4) is 0 Å². The number of amides is 3. The summed E-state index contributed by atoms with van der Waals surface area (Å²) in [6.07, 6.45) is -0.505. The maximum Gasteiger partial charge on any atom is 0.326 e. The molecule has 0 aromatic heterocycles. The van der Waals surface area contributed by atoms with E-state index in [9.17, 15) is 19.5 Å². The smallest absolute Gasteiger partial charge is 0.326 e. The predicted molar refractivity (Wildman–Crippen MR) is 70.3 cm³/mol. The Balaban J connectivity index is 2.78. The maximum absolute atomic E-state index is 11.9. The van der Waals surface area contributed by atoms with Gasteiger partial charge in [0.2, 0.25) is 5.91 Å². The zero-order chi connectivity index (χ0) is 15.3. The van der Waals surface area contributed by atoms with Gasteiger partial charge < -0.3 is 21.3 Å². The highest BCUT2D eigenvalue weighted by atomic mass is 16.4. The van der Waals surface area contributed by atoms with E-state index in [2.05, 4.69) is 5.32 Å². The van der Waals surface area contributed by atoms with Crippen molar-refractivity contribution in [2.45, 2.75) is 12.5 Å². The lowest BCUT2D eigenvalue weighted by molar-refractivity contribution is -0.140. The molecule has 0 spiro atoms. The number of nitrogens with two attached hydrogens (primary N) is 1. The number of carboxylic acid groups (broad SMARTS) is 1. The number of urea groups is 1. The van der Waals surface area contributed by atoms with Crippen molar-refractivity contribution in [3.63, 3.8) is 0 Å². The third-order valence-corrected chi connectivity index (χ3v) is 2.52. The summed E-state index contributed by atoms with van der Waals surface area (Å²) in [6.45, 7) is 0. The van der Waals surface area contributed by atoms with E-state index in [-0.39, 0.29) is 5.75 Å². The van der Waals surface area contributed by atoms with Crippen LogP contribution < -0.4 is 16.0 Å². The summed E-state index contributed by atoms with van der Waals surface area (Å²) in [5, 5.41) is 20.4. The van der Waals surface area contributed by atoms with Crippen molar-refractivity contribution in [3.05, 3.63) is 24.3 Å². The number of anilines is 1. The second-order valence-corrected chi connectivity index (χ2v) is 4.09. The Labute approximate surface area is 114 Å². The molecule has 1 rings (SSSR count). The fourth-order valence-corrected chi connectivity index (χ4v) is 1.47. The van der Waals surface area contributed by atoms with Crippen LogP contribution >= 0.6 is 0 Å². The average molecular weight is 281 g/mol. The molecule has 20 heavy (non-hydrogen) atoms. The van der Waals surface area contributed by atoms with Crippen LogP contribution in [0.5, 0.6) is 5.75 Å². The Bertz CT molecular complexity index is 532. The Morgan fingerprint density at radius 3 is 2.55 bits per heavy atom. The summed E-state index contributed by atoms with van der Waals surface area (Å²) in [7, 11) is 1.40. The molecule has 1 aromatic rings. The van der Waals surface area contributed by atoms with Crippen molar-refractivity contribution < 1.29 is 24.6 Å². The van der Waals surface area contributed by atoms with Crippen molar-refractivity contribution in [1.29, 1.82) is 0 Å². The van der Waals surface area contributed by atoms with Gasteiger partial charge in [0.05, 0.1) is 6.42 Å². The number of benzene rings is 1. The Hall–Kier alpha value is -2.77. The van der Waals surface area contributed by atoms with Crippen LogP contribution in [0.25, 0.3) is 0 Å². The zero-order valence-electron chi connectivity index (χ0n) is 10.7. The highest BCUT2D eigenvalue weighted by molar-refractivity contribution is 5.95. The predicted octanol–water partition coefficient (Wildman–Crippen LogP) is -0.133. The number of rotatable bonds is 5. The van der Waals surface area contributed by atoms with Crippen LogP contribution in [-0.2, 0) is 9.59 Å². The summed E-state index contributed by atoms with van der Waals surface area (Å²) in [4.78, 5) is 34.6. The van der Waals surface area contributed by atoms with Gasteiger partial charge >= 0.3 is 12.0 Å². The molecule has 0 aliphatic rings. The summed E-state index contributed by atoms with van der Waals surface area (Å²) < 4.78 is 0. The summed E-state index contributed by atoms with van der Waals surface area (Å²) >= 11 is 0. The quantitative estimate of drug-likeness (QED) is 0.596. The number of carbonyl (C=O) groups is 3. The first kappa shape index (κ1) is 15.3. The average Bonchev–Trinajstić information content (AvgIpc) is 2.36. The fourth-order valence-electron chi connectivity index (χ4n) is 1.47. The molecule has 0 aliphatic heterocycles. The minimum atomic E-state index is -1.40. The van der Waals surface area contributed by atoms with Gasteiger partial charge in [-0.3, -0.25) is 9.69 Å². The highest BCUT2D eigenvalue weighted by Gasteiger charge is 2.24. The molecule has 0 saturated carbocycles. The molecule has 0 unspecified atom stereocenters. The lowest BCUT2D eigenvalue weighted by atomic mass is 10.2. The van der Waals surface area contributed by atoms with Crippen molar-refractivity contribution in [2.24, 2.45) is 5.73 Å². The molecule has 8 nitrogen and oxygen atoms in total. The molecule has 5 N–H and O–H groups in total. The lowest BCUT2D eigenvalue weighted by Crippen LogP contribution is -2.48. The molecule has 0 bridgehead atoms. The molecule has 8 heteroatoms. The van der Waals surface area contributed by atoms with Gasteiger partial charge in [0, 0.05) is 18.8 Å². The van der Waals surface area contributed by atoms with Crippen LogP contribution in [0.1, 0.15) is 6.42 Å². The minimum Gasteiger partial charge on any atom is -0.508 e. The Morgan fingerprint density at radius 1 is 1.40 bits per heavy atom. The number of nitrogens with one attached hydrogen (secondary N) is 1. The number of phenols is 1. The summed E-state index contributed by atoms with van der Waals surface area (Å²) in [5.41, 5.74) is 5.28. The molecule has 3 amide bonds. The number of aliphatic carboxylic acids is 1. The van der Waals surface area contributed by atoms with E-state index in [0.29, 0.717) is 5.69 Å². The molecule has 0 heterocycles. The number of primary amides is 1. The normalized spacial score (nSPS) is 11.4.